The predicted molar refractivity (Wildman–Crippen MR) is 111 cm³/mol. The van der Waals surface area contributed by atoms with Crippen LogP contribution in [-0.4, -0.2) is 26.2 Å². The third kappa shape index (κ3) is 5.00. The molecule has 2 aliphatic rings. The summed E-state index contributed by atoms with van der Waals surface area (Å²) in [5, 5.41) is -0.541. The number of sulfonamides is 1. The van der Waals surface area contributed by atoms with Crippen molar-refractivity contribution in [3.05, 3.63) is 41.7 Å². The summed E-state index contributed by atoms with van der Waals surface area (Å²) in [6.07, 6.45) is 7.48. The number of hydrogen-bond donors (Lipinski definition) is 1. The van der Waals surface area contributed by atoms with Crippen LogP contribution < -0.4 is 9.46 Å². The lowest BCUT2D eigenvalue weighted by molar-refractivity contribution is 0.0977. The maximum Gasteiger partial charge on any atom is 0.267 e. The van der Waals surface area contributed by atoms with E-state index in [0.717, 1.165) is 37.7 Å². The molecule has 0 radical (unpaired) electrons. The maximum atomic E-state index is 14.7. The molecule has 2 fully saturated rings. The van der Waals surface area contributed by atoms with E-state index >= 15 is 0 Å². The average molecular weight is 424 g/mol. The van der Waals surface area contributed by atoms with E-state index in [1.54, 1.807) is 0 Å². The summed E-state index contributed by atoms with van der Waals surface area (Å²) in [7, 11) is -3.73. The van der Waals surface area contributed by atoms with Gasteiger partial charge in [-0.25, -0.2) is 17.5 Å². The van der Waals surface area contributed by atoms with Crippen molar-refractivity contribution in [2.24, 2.45) is 5.41 Å². The van der Waals surface area contributed by atoms with Crippen LogP contribution in [0.3, 0.4) is 0 Å². The largest absolute Gasteiger partial charge is 0.493 e. The summed E-state index contributed by atoms with van der Waals surface area (Å²) in [6, 6.07) is 2.70. The van der Waals surface area contributed by atoms with Gasteiger partial charge in [-0.3, -0.25) is 4.79 Å². The lowest BCUT2D eigenvalue weighted by atomic mass is 9.80. The van der Waals surface area contributed by atoms with E-state index in [0.29, 0.717) is 25.2 Å². The van der Waals surface area contributed by atoms with Crippen LogP contribution in [0.4, 0.5) is 4.39 Å². The standard InChI is InChI=1S/C22H30FNO4S/c1-4-11-22(5-2,6-3)14-28-20-13-19(23)18(12-17(20)15-7-8-15)21(25)24-29(26,27)16-9-10-16/h4,12-13,15-16H,1,5-11,14H2,2-3H3,(H,24,25). The monoisotopic (exact) mass is 423 g/mol. The fraction of sp³-hybridized carbons (Fsp3) is 0.591. The van der Waals surface area contributed by atoms with Crippen molar-refractivity contribution < 1.29 is 22.3 Å². The zero-order chi connectivity index (χ0) is 21.2. The van der Waals surface area contributed by atoms with Crippen LogP contribution in [0, 0.1) is 11.2 Å². The smallest absolute Gasteiger partial charge is 0.267 e. The number of nitrogens with one attached hydrogen (secondary N) is 1. The minimum atomic E-state index is -3.73. The first-order valence-corrected chi connectivity index (χ1v) is 11.9. The molecule has 0 atom stereocenters. The predicted octanol–water partition coefficient (Wildman–Crippen LogP) is 4.69. The Labute approximate surface area is 172 Å². The fourth-order valence-corrected chi connectivity index (χ4v) is 4.86. The van der Waals surface area contributed by atoms with Crippen molar-refractivity contribution in [2.75, 3.05) is 6.61 Å². The Morgan fingerprint density at radius 3 is 2.45 bits per heavy atom. The molecular weight excluding hydrogens is 393 g/mol. The number of ether oxygens (including phenoxy) is 1. The minimum absolute atomic E-state index is 0.0621. The number of amides is 1. The van der Waals surface area contributed by atoms with Crippen molar-refractivity contribution >= 4 is 15.9 Å². The molecule has 0 heterocycles. The first-order chi connectivity index (χ1) is 13.7. The van der Waals surface area contributed by atoms with Gasteiger partial charge in [0.15, 0.2) is 0 Å². The molecule has 0 unspecified atom stereocenters. The number of allylic oxidation sites excluding steroid dienone is 1. The molecular formula is C22H30FNO4S. The first kappa shape index (κ1) is 21.8. The topological polar surface area (TPSA) is 72.5 Å². The van der Waals surface area contributed by atoms with Crippen LogP contribution in [0.25, 0.3) is 0 Å². The average Bonchev–Trinajstić information content (AvgIpc) is 3.57. The normalized spacial score (nSPS) is 17.1. The van der Waals surface area contributed by atoms with Crippen molar-refractivity contribution in [1.29, 1.82) is 0 Å². The van der Waals surface area contributed by atoms with Gasteiger partial charge in [0.1, 0.15) is 11.6 Å². The summed E-state index contributed by atoms with van der Waals surface area (Å²) in [4.78, 5) is 12.4. The van der Waals surface area contributed by atoms with E-state index in [1.807, 2.05) is 10.8 Å². The van der Waals surface area contributed by atoms with E-state index in [9.17, 15) is 17.6 Å². The molecule has 0 aliphatic heterocycles. The summed E-state index contributed by atoms with van der Waals surface area (Å²) >= 11 is 0. The molecule has 0 aromatic heterocycles. The molecule has 160 valence electrons. The van der Waals surface area contributed by atoms with E-state index in [-0.39, 0.29) is 16.9 Å². The van der Waals surface area contributed by atoms with Gasteiger partial charge in [-0.1, -0.05) is 19.9 Å². The van der Waals surface area contributed by atoms with Crippen LogP contribution in [-0.2, 0) is 10.0 Å². The molecule has 7 heteroatoms. The van der Waals surface area contributed by atoms with Crippen LogP contribution in [0.1, 0.15) is 80.6 Å². The van der Waals surface area contributed by atoms with Gasteiger partial charge in [-0.05, 0) is 62.5 Å². The summed E-state index contributed by atoms with van der Waals surface area (Å²) in [5.74, 6) is -1.02. The van der Waals surface area contributed by atoms with Crippen LogP contribution in [0.15, 0.2) is 24.8 Å². The number of carbonyl (C=O) groups is 1. The summed E-state index contributed by atoms with van der Waals surface area (Å²) in [6.45, 7) is 8.48. The van der Waals surface area contributed by atoms with Gasteiger partial charge in [0.2, 0.25) is 10.0 Å². The van der Waals surface area contributed by atoms with Gasteiger partial charge in [0.05, 0.1) is 17.4 Å². The second-order valence-corrected chi connectivity index (χ2v) is 10.3. The fourth-order valence-electron chi connectivity index (χ4n) is 3.57. The van der Waals surface area contributed by atoms with Crippen LogP contribution >= 0.6 is 0 Å². The van der Waals surface area contributed by atoms with E-state index in [4.69, 9.17) is 4.74 Å². The number of rotatable bonds is 11. The van der Waals surface area contributed by atoms with Gasteiger partial charge < -0.3 is 4.74 Å². The molecule has 3 rings (SSSR count). The Hall–Kier alpha value is -1.89. The highest BCUT2D eigenvalue weighted by Gasteiger charge is 2.38. The molecule has 1 amide bonds. The Morgan fingerprint density at radius 1 is 1.28 bits per heavy atom. The summed E-state index contributed by atoms with van der Waals surface area (Å²) < 4.78 is 46.9. The third-order valence-electron chi connectivity index (χ3n) is 6.17. The molecule has 0 saturated heterocycles. The van der Waals surface area contributed by atoms with E-state index in [2.05, 4.69) is 20.4 Å². The van der Waals surface area contributed by atoms with Crippen LogP contribution in [0.2, 0.25) is 0 Å². The molecule has 1 aromatic carbocycles. The number of benzene rings is 1. The second-order valence-electron chi connectivity index (χ2n) is 8.31. The molecule has 5 nitrogen and oxygen atoms in total. The second kappa shape index (κ2) is 8.46. The SMILES string of the molecule is C=CCC(CC)(CC)COc1cc(F)c(C(=O)NS(=O)(=O)C2CC2)cc1C1CC1. The Kier molecular flexibility index (Phi) is 6.36. The van der Waals surface area contributed by atoms with Gasteiger partial charge in [0.25, 0.3) is 5.91 Å². The molecule has 0 spiro atoms. The lowest BCUT2D eigenvalue weighted by Crippen LogP contribution is -2.34. The van der Waals surface area contributed by atoms with Crippen LogP contribution in [0.5, 0.6) is 5.75 Å². The van der Waals surface area contributed by atoms with Crippen molar-refractivity contribution in [1.82, 2.24) is 4.72 Å². The minimum Gasteiger partial charge on any atom is -0.493 e. The number of hydrogen-bond acceptors (Lipinski definition) is 4. The lowest BCUT2D eigenvalue weighted by Gasteiger charge is -2.31. The molecule has 1 N–H and O–H groups in total. The molecule has 0 bridgehead atoms. The van der Waals surface area contributed by atoms with Gasteiger partial charge >= 0.3 is 0 Å². The third-order valence-corrected chi connectivity index (χ3v) is 7.99. The highest BCUT2D eigenvalue weighted by Crippen LogP contribution is 2.46. The Bertz CT molecular complexity index is 884. The van der Waals surface area contributed by atoms with Gasteiger partial charge in [0, 0.05) is 11.5 Å². The van der Waals surface area contributed by atoms with E-state index in [1.165, 1.54) is 12.1 Å². The zero-order valence-corrected chi connectivity index (χ0v) is 18.0. The Morgan fingerprint density at radius 2 is 1.93 bits per heavy atom. The van der Waals surface area contributed by atoms with Gasteiger partial charge in [-0.2, -0.15) is 0 Å². The maximum absolute atomic E-state index is 14.7. The molecule has 1 aromatic rings. The quantitative estimate of drug-likeness (QED) is 0.524. The molecule has 29 heavy (non-hydrogen) atoms. The zero-order valence-electron chi connectivity index (χ0n) is 17.2. The van der Waals surface area contributed by atoms with E-state index < -0.39 is 27.0 Å². The molecule has 2 saturated carbocycles. The number of halogens is 1. The van der Waals surface area contributed by atoms with Gasteiger partial charge in [-0.15, -0.1) is 6.58 Å². The number of carbonyl (C=O) groups excluding carboxylic acids is 1. The molecule has 2 aliphatic carbocycles. The Balaban J connectivity index is 1.83. The van der Waals surface area contributed by atoms with Crippen molar-refractivity contribution in [2.45, 2.75) is 70.0 Å². The van der Waals surface area contributed by atoms with Crippen molar-refractivity contribution in [3.8, 4) is 5.75 Å². The highest BCUT2D eigenvalue weighted by molar-refractivity contribution is 7.91. The highest BCUT2D eigenvalue weighted by atomic mass is 32.2. The summed E-state index contributed by atoms with van der Waals surface area (Å²) in [5.41, 5.74) is 0.472. The van der Waals surface area contributed by atoms with Crippen molar-refractivity contribution in [3.63, 3.8) is 0 Å². The first-order valence-electron chi connectivity index (χ1n) is 10.4.